The summed E-state index contributed by atoms with van der Waals surface area (Å²) in [6, 6.07) is 15.5. The number of methoxy groups -OCH3 is 1. The summed E-state index contributed by atoms with van der Waals surface area (Å²) < 4.78 is 22.2. The maximum atomic E-state index is 13.8. The van der Waals surface area contributed by atoms with Crippen LogP contribution in [0.3, 0.4) is 0 Å². The smallest absolute Gasteiger partial charge is 0.323 e. The maximum absolute atomic E-state index is 13.8. The fraction of sp³-hybridized carbons (Fsp3) is 0.344. The fourth-order valence-electron chi connectivity index (χ4n) is 5.03. The molecule has 0 saturated heterocycles. The van der Waals surface area contributed by atoms with Gasteiger partial charge in [-0.05, 0) is 61.5 Å². The molecule has 5 amide bonds. The van der Waals surface area contributed by atoms with Gasteiger partial charge in [-0.25, -0.2) is 9.59 Å². The summed E-state index contributed by atoms with van der Waals surface area (Å²) in [5, 5.41) is 18.3. The largest absolute Gasteiger partial charge is 0.497 e. The summed E-state index contributed by atoms with van der Waals surface area (Å²) in [5.74, 6) is 1.57. The Morgan fingerprint density at radius 2 is 1.62 bits per heavy atom. The standard InChI is InChI=1S/C32H37N5O8/c1-19-15-37(20(2)17-38)30(39)25-13-22(33-31(40)34-23-8-12-27-28(14-23)44-18-43-27)7-11-26(25)45-29(19)16-36(3)32(41)35-21-5-9-24(42-4)10-6-21/h5-14,19-20,29,38H,15-18H2,1-4H3,(H,35,41)(H2,33,34,40)/t19-,20-,29-/m1/s1. The van der Waals surface area contributed by atoms with Crippen LogP contribution in [-0.4, -0.2) is 85.7 Å². The lowest BCUT2D eigenvalue weighted by Crippen LogP contribution is -2.50. The number of rotatable bonds is 8. The van der Waals surface area contributed by atoms with Crippen LogP contribution < -0.4 is 34.9 Å². The van der Waals surface area contributed by atoms with Gasteiger partial charge in [0.25, 0.3) is 5.91 Å². The molecule has 3 atom stereocenters. The third-order valence-corrected chi connectivity index (χ3v) is 7.69. The summed E-state index contributed by atoms with van der Waals surface area (Å²) in [7, 11) is 3.24. The van der Waals surface area contributed by atoms with Gasteiger partial charge in [0, 0.05) is 42.6 Å². The maximum Gasteiger partial charge on any atom is 0.323 e. The molecule has 45 heavy (non-hydrogen) atoms. The fourth-order valence-corrected chi connectivity index (χ4v) is 5.03. The highest BCUT2D eigenvalue weighted by atomic mass is 16.7. The topological polar surface area (TPSA) is 151 Å². The minimum absolute atomic E-state index is 0.120. The molecule has 3 aromatic rings. The van der Waals surface area contributed by atoms with E-state index in [1.54, 1.807) is 86.6 Å². The van der Waals surface area contributed by atoms with Gasteiger partial charge in [-0.3, -0.25) is 4.79 Å². The summed E-state index contributed by atoms with van der Waals surface area (Å²) in [4.78, 5) is 42.7. The molecule has 3 aromatic carbocycles. The van der Waals surface area contributed by atoms with Gasteiger partial charge in [-0.15, -0.1) is 0 Å². The van der Waals surface area contributed by atoms with Gasteiger partial charge < -0.3 is 49.8 Å². The number of amides is 5. The molecule has 0 spiro atoms. The highest BCUT2D eigenvalue weighted by Crippen LogP contribution is 2.35. The van der Waals surface area contributed by atoms with Crippen LogP contribution in [0, 0.1) is 5.92 Å². The number of aliphatic hydroxyl groups is 1. The van der Waals surface area contributed by atoms with E-state index >= 15 is 0 Å². The number of aliphatic hydroxyl groups excluding tert-OH is 1. The summed E-state index contributed by atoms with van der Waals surface area (Å²) in [6.45, 7) is 4.08. The van der Waals surface area contributed by atoms with E-state index in [4.69, 9.17) is 18.9 Å². The Bertz CT molecular complexity index is 1550. The molecule has 0 fully saturated rings. The van der Waals surface area contributed by atoms with Crippen LogP contribution in [0.15, 0.2) is 60.7 Å². The number of fused-ring (bicyclic) bond motifs is 2. The third-order valence-electron chi connectivity index (χ3n) is 7.69. The Labute approximate surface area is 261 Å². The second kappa shape index (κ2) is 13.6. The molecular formula is C32H37N5O8. The van der Waals surface area contributed by atoms with Crippen LogP contribution in [0.2, 0.25) is 0 Å². The summed E-state index contributed by atoms with van der Waals surface area (Å²) in [6.07, 6.45) is -0.495. The van der Waals surface area contributed by atoms with Crippen LogP contribution in [0.4, 0.5) is 26.7 Å². The zero-order valence-corrected chi connectivity index (χ0v) is 25.5. The highest BCUT2D eigenvalue weighted by molar-refractivity contribution is 6.02. The Kier molecular flexibility index (Phi) is 9.48. The molecule has 13 nitrogen and oxygen atoms in total. The van der Waals surface area contributed by atoms with Gasteiger partial charge in [0.1, 0.15) is 17.6 Å². The molecule has 0 bridgehead atoms. The monoisotopic (exact) mass is 619 g/mol. The first-order chi connectivity index (χ1) is 21.6. The normalized spacial score (nSPS) is 17.6. The SMILES string of the molecule is COc1ccc(NC(=O)N(C)C[C@H]2Oc3ccc(NC(=O)Nc4ccc5c(c4)OCO5)cc3C(=O)N([C@H](C)CO)C[C@H]2C)cc1. The summed E-state index contributed by atoms with van der Waals surface area (Å²) >= 11 is 0. The van der Waals surface area contributed by atoms with E-state index in [9.17, 15) is 19.5 Å². The van der Waals surface area contributed by atoms with E-state index < -0.39 is 18.2 Å². The summed E-state index contributed by atoms with van der Waals surface area (Å²) in [5.41, 5.74) is 1.70. The van der Waals surface area contributed by atoms with E-state index in [-0.39, 0.29) is 49.9 Å². The second-order valence-corrected chi connectivity index (χ2v) is 11.0. The molecule has 5 rings (SSSR count). The van der Waals surface area contributed by atoms with Gasteiger partial charge in [0.2, 0.25) is 6.79 Å². The number of anilines is 3. The van der Waals surface area contributed by atoms with Crippen molar-refractivity contribution in [2.24, 2.45) is 5.92 Å². The van der Waals surface area contributed by atoms with Gasteiger partial charge in [-0.1, -0.05) is 6.92 Å². The van der Waals surface area contributed by atoms with Crippen molar-refractivity contribution >= 4 is 35.0 Å². The second-order valence-electron chi connectivity index (χ2n) is 11.0. The van der Waals surface area contributed by atoms with Gasteiger partial charge in [0.05, 0.1) is 31.9 Å². The molecule has 0 saturated carbocycles. The zero-order chi connectivity index (χ0) is 32.1. The van der Waals surface area contributed by atoms with Gasteiger partial charge >= 0.3 is 12.1 Å². The number of nitrogens with zero attached hydrogens (tertiary/aromatic N) is 2. The number of carbonyl (C=O) groups excluding carboxylic acids is 3. The van der Waals surface area contributed by atoms with Crippen LogP contribution in [0.1, 0.15) is 24.2 Å². The number of carbonyl (C=O) groups is 3. The quantitative estimate of drug-likeness (QED) is 0.289. The van der Waals surface area contributed by atoms with Crippen molar-refractivity contribution in [3.05, 3.63) is 66.2 Å². The molecule has 4 N–H and O–H groups in total. The van der Waals surface area contributed by atoms with E-state index in [2.05, 4.69) is 16.0 Å². The average Bonchev–Trinajstić information content (AvgIpc) is 3.51. The van der Waals surface area contributed by atoms with Crippen LogP contribution in [0.25, 0.3) is 0 Å². The molecule has 2 aliphatic rings. The highest BCUT2D eigenvalue weighted by Gasteiger charge is 2.34. The number of hydrogen-bond donors (Lipinski definition) is 4. The van der Waals surface area contributed by atoms with Crippen molar-refractivity contribution in [1.29, 1.82) is 0 Å². The van der Waals surface area contributed by atoms with Gasteiger partial charge in [-0.2, -0.15) is 0 Å². The minimum atomic E-state index is -0.524. The van der Waals surface area contributed by atoms with Crippen LogP contribution in [0.5, 0.6) is 23.0 Å². The molecule has 0 unspecified atom stereocenters. The zero-order valence-electron chi connectivity index (χ0n) is 25.5. The lowest BCUT2D eigenvalue weighted by molar-refractivity contribution is 0.0371. The Balaban J connectivity index is 1.32. The first-order valence-electron chi connectivity index (χ1n) is 14.5. The lowest BCUT2D eigenvalue weighted by atomic mass is 9.99. The predicted octanol–water partition coefficient (Wildman–Crippen LogP) is 4.45. The molecule has 2 heterocycles. The predicted molar refractivity (Wildman–Crippen MR) is 167 cm³/mol. The number of hydrogen-bond acceptors (Lipinski definition) is 8. The first-order valence-corrected chi connectivity index (χ1v) is 14.5. The molecule has 0 aliphatic carbocycles. The Hall–Kier alpha value is -5.17. The van der Waals surface area contributed by atoms with E-state index in [1.165, 1.54) is 4.90 Å². The third kappa shape index (κ3) is 7.32. The number of benzene rings is 3. The Morgan fingerprint density at radius 3 is 2.31 bits per heavy atom. The first kappa shape index (κ1) is 31.3. The lowest BCUT2D eigenvalue weighted by Gasteiger charge is -2.38. The number of urea groups is 2. The van der Waals surface area contributed by atoms with E-state index in [0.29, 0.717) is 40.1 Å². The molecule has 13 heteroatoms. The van der Waals surface area contributed by atoms with Gasteiger partial charge in [0.15, 0.2) is 11.5 Å². The van der Waals surface area contributed by atoms with Crippen molar-refractivity contribution < 1.29 is 38.4 Å². The van der Waals surface area contributed by atoms with E-state index in [1.807, 2.05) is 6.92 Å². The van der Waals surface area contributed by atoms with Crippen molar-refractivity contribution in [3.8, 4) is 23.0 Å². The molecule has 238 valence electrons. The van der Waals surface area contributed by atoms with E-state index in [0.717, 1.165) is 0 Å². The molecule has 0 aromatic heterocycles. The molecule has 0 radical (unpaired) electrons. The van der Waals surface area contributed by atoms with Crippen molar-refractivity contribution in [1.82, 2.24) is 9.80 Å². The minimum Gasteiger partial charge on any atom is -0.497 e. The number of ether oxygens (including phenoxy) is 4. The van der Waals surface area contributed by atoms with Crippen LogP contribution in [-0.2, 0) is 0 Å². The van der Waals surface area contributed by atoms with Crippen molar-refractivity contribution in [2.45, 2.75) is 26.0 Å². The average molecular weight is 620 g/mol. The van der Waals surface area contributed by atoms with Crippen LogP contribution >= 0.6 is 0 Å². The number of nitrogens with one attached hydrogen (secondary N) is 3. The molecular weight excluding hydrogens is 582 g/mol. The Morgan fingerprint density at radius 1 is 0.978 bits per heavy atom. The number of likely N-dealkylation sites (N-methyl/N-ethyl adjacent to an activating group) is 1. The molecule has 2 aliphatic heterocycles. The van der Waals surface area contributed by atoms with Crippen molar-refractivity contribution in [3.63, 3.8) is 0 Å². The van der Waals surface area contributed by atoms with Crippen molar-refractivity contribution in [2.75, 3.05) is 56.6 Å².